The molecule has 0 unspecified atom stereocenters. The van der Waals surface area contributed by atoms with E-state index in [-0.39, 0.29) is 18.2 Å². The Morgan fingerprint density at radius 3 is 2.64 bits per heavy atom. The Morgan fingerprint density at radius 2 is 1.96 bits per heavy atom. The smallest absolute Gasteiger partial charge is 0.228 e. The van der Waals surface area contributed by atoms with Gasteiger partial charge < -0.3 is 15.1 Å². The number of hydrogen-bond acceptors (Lipinski definition) is 6. The first-order chi connectivity index (χ1) is 12.1. The minimum absolute atomic E-state index is 0.0965. The number of nitrogens with zero attached hydrogens (tertiary/aromatic N) is 2. The highest BCUT2D eigenvalue weighted by Gasteiger charge is 2.18. The molecule has 0 spiro atoms. The third-order valence-electron chi connectivity index (χ3n) is 3.37. The maximum Gasteiger partial charge on any atom is 0.228 e. The second-order valence-electron chi connectivity index (χ2n) is 5.31. The molecule has 1 atom stereocenters. The van der Waals surface area contributed by atoms with E-state index < -0.39 is 6.04 Å². The predicted octanol–water partition coefficient (Wildman–Crippen LogP) is 3.00. The van der Waals surface area contributed by atoms with Crippen molar-refractivity contribution in [3.8, 4) is 10.8 Å². The standard InChI is InChI=1S/C17H16N4O3S/c1-11(22)18-13(12-6-3-2-4-7-12)10-15(23)19-17-21-20-16(25-17)14-8-5-9-24-14/h2-9,13H,10H2,1H3,(H,18,22)(H,19,21,23)/t13-/m0/s1. The van der Waals surface area contributed by atoms with Crippen LogP contribution in [0, 0.1) is 0 Å². The normalized spacial score (nSPS) is 11.7. The number of nitrogens with one attached hydrogen (secondary N) is 2. The number of anilines is 1. The van der Waals surface area contributed by atoms with Crippen molar-refractivity contribution in [2.75, 3.05) is 5.32 Å². The lowest BCUT2D eigenvalue weighted by atomic mass is 10.0. The number of amides is 2. The van der Waals surface area contributed by atoms with E-state index in [0.717, 1.165) is 5.56 Å². The lowest BCUT2D eigenvalue weighted by molar-refractivity contribution is -0.120. The highest BCUT2D eigenvalue weighted by Crippen LogP contribution is 2.27. The summed E-state index contributed by atoms with van der Waals surface area (Å²) in [4.78, 5) is 23.8. The zero-order chi connectivity index (χ0) is 17.6. The van der Waals surface area contributed by atoms with Crippen molar-refractivity contribution >= 4 is 28.3 Å². The molecule has 3 rings (SSSR count). The largest absolute Gasteiger partial charge is 0.462 e. The van der Waals surface area contributed by atoms with E-state index in [1.165, 1.54) is 18.3 Å². The van der Waals surface area contributed by atoms with Gasteiger partial charge in [-0.05, 0) is 17.7 Å². The SMILES string of the molecule is CC(=O)N[C@@H](CC(=O)Nc1nnc(-c2ccco2)s1)c1ccccc1. The molecule has 25 heavy (non-hydrogen) atoms. The Bertz CT molecular complexity index is 846. The number of aromatic nitrogens is 2. The van der Waals surface area contributed by atoms with Gasteiger partial charge in [-0.3, -0.25) is 9.59 Å². The summed E-state index contributed by atoms with van der Waals surface area (Å²) in [5.41, 5.74) is 0.862. The Labute approximate surface area is 148 Å². The van der Waals surface area contributed by atoms with Crippen LogP contribution in [0.4, 0.5) is 5.13 Å². The van der Waals surface area contributed by atoms with Crippen LogP contribution in [0.1, 0.15) is 24.9 Å². The van der Waals surface area contributed by atoms with Crippen LogP contribution in [0.15, 0.2) is 53.1 Å². The zero-order valence-corrected chi connectivity index (χ0v) is 14.2. The fraction of sp³-hybridized carbons (Fsp3) is 0.176. The van der Waals surface area contributed by atoms with Crippen LogP contribution < -0.4 is 10.6 Å². The van der Waals surface area contributed by atoms with Crippen molar-refractivity contribution in [1.29, 1.82) is 0 Å². The fourth-order valence-corrected chi connectivity index (χ4v) is 3.04. The number of hydrogen-bond donors (Lipinski definition) is 2. The summed E-state index contributed by atoms with van der Waals surface area (Å²) in [6, 6.07) is 12.5. The molecule has 2 amide bonds. The average molecular weight is 356 g/mol. The highest BCUT2D eigenvalue weighted by atomic mass is 32.1. The Kier molecular flexibility index (Phi) is 5.20. The summed E-state index contributed by atoms with van der Waals surface area (Å²) in [6.45, 7) is 1.42. The summed E-state index contributed by atoms with van der Waals surface area (Å²) < 4.78 is 5.25. The first-order valence-corrected chi connectivity index (χ1v) is 8.43. The van der Waals surface area contributed by atoms with Crippen LogP contribution in [0.5, 0.6) is 0 Å². The Balaban J connectivity index is 1.66. The van der Waals surface area contributed by atoms with Gasteiger partial charge in [-0.15, -0.1) is 10.2 Å². The molecule has 0 saturated heterocycles. The van der Waals surface area contributed by atoms with Crippen molar-refractivity contribution in [3.05, 3.63) is 54.3 Å². The molecule has 0 fully saturated rings. The van der Waals surface area contributed by atoms with Crippen molar-refractivity contribution in [1.82, 2.24) is 15.5 Å². The molecule has 0 bridgehead atoms. The second kappa shape index (κ2) is 7.71. The van der Waals surface area contributed by atoms with Gasteiger partial charge >= 0.3 is 0 Å². The number of rotatable bonds is 6. The zero-order valence-electron chi connectivity index (χ0n) is 13.4. The van der Waals surface area contributed by atoms with Crippen LogP contribution in [-0.4, -0.2) is 22.0 Å². The summed E-state index contributed by atoms with van der Waals surface area (Å²) in [7, 11) is 0. The molecular formula is C17H16N4O3S. The van der Waals surface area contributed by atoms with Gasteiger partial charge in [-0.1, -0.05) is 41.7 Å². The van der Waals surface area contributed by atoms with Crippen LogP contribution >= 0.6 is 11.3 Å². The average Bonchev–Trinajstić information content (AvgIpc) is 3.26. The molecule has 7 nitrogen and oxygen atoms in total. The highest BCUT2D eigenvalue weighted by molar-refractivity contribution is 7.18. The molecule has 0 aliphatic rings. The van der Waals surface area contributed by atoms with Crippen LogP contribution in [0.2, 0.25) is 0 Å². The van der Waals surface area contributed by atoms with E-state index in [9.17, 15) is 9.59 Å². The van der Waals surface area contributed by atoms with Crippen LogP contribution in [0.25, 0.3) is 10.8 Å². The minimum atomic E-state index is -0.406. The van der Waals surface area contributed by atoms with Crippen molar-refractivity contribution in [2.45, 2.75) is 19.4 Å². The van der Waals surface area contributed by atoms with Gasteiger partial charge in [0.25, 0.3) is 0 Å². The number of furan rings is 1. The third kappa shape index (κ3) is 4.51. The van der Waals surface area contributed by atoms with Gasteiger partial charge in [0.2, 0.25) is 16.9 Å². The number of benzene rings is 1. The van der Waals surface area contributed by atoms with Gasteiger partial charge in [0.15, 0.2) is 10.8 Å². The lowest BCUT2D eigenvalue weighted by Crippen LogP contribution is -2.29. The molecule has 2 N–H and O–H groups in total. The topological polar surface area (TPSA) is 97.1 Å². The van der Waals surface area contributed by atoms with Gasteiger partial charge in [0.1, 0.15) is 0 Å². The Hall–Kier alpha value is -3.00. The maximum absolute atomic E-state index is 12.3. The molecule has 8 heteroatoms. The van der Waals surface area contributed by atoms with Crippen molar-refractivity contribution in [2.24, 2.45) is 0 Å². The molecule has 3 aromatic rings. The quantitative estimate of drug-likeness (QED) is 0.708. The predicted molar refractivity (Wildman–Crippen MR) is 93.9 cm³/mol. The molecule has 2 aromatic heterocycles. The second-order valence-corrected chi connectivity index (χ2v) is 6.28. The van der Waals surface area contributed by atoms with E-state index in [1.807, 2.05) is 30.3 Å². The van der Waals surface area contributed by atoms with Gasteiger partial charge in [0.05, 0.1) is 18.7 Å². The first-order valence-electron chi connectivity index (χ1n) is 7.61. The summed E-state index contributed by atoms with van der Waals surface area (Å²) in [5, 5.41) is 14.4. The monoisotopic (exact) mass is 356 g/mol. The summed E-state index contributed by atoms with van der Waals surface area (Å²) in [6.07, 6.45) is 1.64. The van der Waals surface area contributed by atoms with E-state index >= 15 is 0 Å². The molecule has 0 saturated carbocycles. The lowest BCUT2D eigenvalue weighted by Gasteiger charge is -2.17. The van der Waals surface area contributed by atoms with E-state index in [4.69, 9.17) is 4.42 Å². The molecule has 1 aromatic carbocycles. The first kappa shape index (κ1) is 16.8. The summed E-state index contributed by atoms with van der Waals surface area (Å²) >= 11 is 1.22. The fourth-order valence-electron chi connectivity index (χ4n) is 2.31. The molecule has 2 heterocycles. The van der Waals surface area contributed by atoms with Crippen LogP contribution in [-0.2, 0) is 9.59 Å². The molecular weight excluding hydrogens is 340 g/mol. The number of carbonyl (C=O) groups is 2. The van der Waals surface area contributed by atoms with Gasteiger partial charge in [-0.2, -0.15) is 0 Å². The maximum atomic E-state index is 12.3. The van der Waals surface area contributed by atoms with Crippen LogP contribution in [0.3, 0.4) is 0 Å². The summed E-state index contributed by atoms with van der Waals surface area (Å²) in [5.74, 6) is 0.140. The Morgan fingerprint density at radius 1 is 1.16 bits per heavy atom. The molecule has 0 aliphatic heterocycles. The van der Waals surface area contributed by atoms with Gasteiger partial charge in [-0.25, -0.2) is 0 Å². The van der Waals surface area contributed by atoms with E-state index in [1.54, 1.807) is 18.4 Å². The number of carbonyl (C=O) groups excluding carboxylic acids is 2. The van der Waals surface area contributed by atoms with Gasteiger partial charge in [0, 0.05) is 6.92 Å². The molecule has 0 radical (unpaired) electrons. The molecule has 0 aliphatic carbocycles. The molecule has 128 valence electrons. The van der Waals surface area contributed by atoms with Crippen molar-refractivity contribution < 1.29 is 14.0 Å². The third-order valence-corrected chi connectivity index (χ3v) is 4.23. The minimum Gasteiger partial charge on any atom is -0.462 e. The van der Waals surface area contributed by atoms with Crippen molar-refractivity contribution in [3.63, 3.8) is 0 Å². The van der Waals surface area contributed by atoms with E-state index in [0.29, 0.717) is 15.9 Å². The van der Waals surface area contributed by atoms with E-state index in [2.05, 4.69) is 20.8 Å².